The topological polar surface area (TPSA) is 158 Å². The van der Waals surface area contributed by atoms with E-state index in [9.17, 15) is 24.1 Å². The van der Waals surface area contributed by atoms with Crippen molar-refractivity contribution in [2.45, 2.75) is 51.2 Å². The van der Waals surface area contributed by atoms with Crippen LogP contribution in [0.3, 0.4) is 0 Å². The van der Waals surface area contributed by atoms with Crippen LogP contribution in [0.5, 0.6) is 5.75 Å². The number of unbranched alkanes of at least 4 members (excludes halogenated alkanes) is 1. The van der Waals surface area contributed by atoms with E-state index in [-0.39, 0.29) is 17.9 Å². The normalized spacial score (nSPS) is 22.1. The number of aromatic amines is 1. The highest BCUT2D eigenvalue weighted by molar-refractivity contribution is 7.52. The largest absolute Gasteiger partial charge is 0.465 e. The number of carbonyl (C=O) groups excluding carboxylic acids is 1. The van der Waals surface area contributed by atoms with Crippen LogP contribution in [0.15, 0.2) is 64.3 Å². The van der Waals surface area contributed by atoms with Gasteiger partial charge in [0.25, 0.3) is 5.56 Å². The van der Waals surface area contributed by atoms with Crippen molar-refractivity contribution >= 4 is 13.7 Å². The Morgan fingerprint density at radius 1 is 1.31 bits per heavy atom. The molecule has 3 N–H and O–H groups in total. The summed E-state index contributed by atoms with van der Waals surface area (Å²) in [6, 6.07) is 8.29. The van der Waals surface area contributed by atoms with Gasteiger partial charge < -0.3 is 19.1 Å². The molecule has 1 aliphatic heterocycles. The molecular formula is C23H30N3O9P. The summed E-state index contributed by atoms with van der Waals surface area (Å²) < 4.78 is 36.7. The molecule has 3 rings (SSSR count). The standard InChI is InChI=1S/C23H30N3O9P/c1-4-5-13-32-22(29)16(3)25-36(31,35-17-9-7-6-8-10-17)33-14-18-20(28)15(2)21(34-18)26-12-11-19(27)24-23(26)30/h6-12,16,18,20-21,28H,2,4-5,13-14H2,1,3H3,(H,25,31)(H,24,27,30)/t16-,18-,20+,21-,36?/m1/s1. The fraction of sp³-hybridized carbons (Fsp3) is 0.435. The van der Waals surface area contributed by atoms with Gasteiger partial charge in [-0.15, -0.1) is 0 Å². The highest BCUT2D eigenvalue weighted by Crippen LogP contribution is 2.46. The molecule has 13 heteroatoms. The number of H-pyrrole nitrogens is 1. The first kappa shape index (κ1) is 27.6. The van der Waals surface area contributed by atoms with Crippen LogP contribution in [0.4, 0.5) is 0 Å². The molecule has 1 aromatic heterocycles. The number of rotatable bonds is 12. The predicted octanol–water partition coefficient (Wildman–Crippen LogP) is 1.88. The Morgan fingerprint density at radius 3 is 2.69 bits per heavy atom. The maximum Gasteiger partial charge on any atom is 0.459 e. The molecule has 2 heterocycles. The van der Waals surface area contributed by atoms with E-state index in [1.54, 1.807) is 30.3 Å². The van der Waals surface area contributed by atoms with Crippen LogP contribution in [-0.2, 0) is 23.4 Å². The van der Waals surface area contributed by atoms with Gasteiger partial charge in [-0.1, -0.05) is 38.1 Å². The Hall–Kier alpha value is -3.02. The zero-order valence-electron chi connectivity index (χ0n) is 20.0. The van der Waals surface area contributed by atoms with Crippen LogP contribution >= 0.6 is 7.75 Å². The number of aliphatic hydroxyl groups is 1. The molecule has 0 saturated carbocycles. The first-order valence-electron chi connectivity index (χ1n) is 11.4. The van der Waals surface area contributed by atoms with E-state index in [2.05, 4.69) is 16.7 Å². The lowest BCUT2D eigenvalue weighted by molar-refractivity contribution is -0.145. The molecule has 0 bridgehead atoms. The van der Waals surface area contributed by atoms with Crippen molar-refractivity contribution in [3.8, 4) is 5.75 Å². The van der Waals surface area contributed by atoms with Crippen molar-refractivity contribution < 1.29 is 33.0 Å². The Morgan fingerprint density at radius 2 is 2.03 bits per heavy atom. The minimum atomic E-state index is -4.18. The zero-order chi connectivity index (χ0) is 26.3. The first-order valence-corrected chi connectivity index (χ1v) is 12.9. The van der Waals surface area contributed by atoms with E-state index in [4.69, 9.17) is 18.5 Å². The Kier molecular flexibility index (Phi) is 9.41. The second kappa shape index (κ2) is 12.3. The monoisotopic (exact) mass is 523 g/mol. The molecule has 36 heavy (non-hydrogen) atoms. The van der Waals surface area contributed by atoms with Gasteiger partial charge in [-0.3, -0.25) is 23.7 Å². The van der Waals surface area contributed by atoms with Crippen molar-refractivity contribution in [3.63, 3.8) is 0 Å². The number of esters is 1. The zero-order valence-corrected chi connectivity index (χ0v) is 20.9. The summed E-state index contributed by atoms with van der Waals surface area (Å²) in [6.45, 7) is 6.96. The Labute approximate surface area is 207 Å². The van der Waals surface area contributed by atoms with Gasteiger partial charge >= 0.3 is 19.4 Å². The van der Waals surface area contributed by atoms with Crippen molar-refractivity contribution in [2.75, 3.05) is 13.2 Å². The summed E-state index contributed by atoms with van der Waals surface area (Å²) in [5.74, 6) is -0.415. The number of nitrogens with zero attached hydrogens (tertiary/aromatic N) is 1. The summed E-state index contributed by atoms with van der Waals surface area (Å²) in [7, 11) is -4.18. The summed E-state index contributed by atoms with van der Waals surface area (Å²) in [5.41, 5.74) is -1.21. The van der Waals surface area contributed by atoms with Gasteiger partial charge in [0.15, 0.2) is 6.23 Å². The molecule has 0 radical (unpaired) electrons. The van der Waals surface area contributed by atoms with Crippen molar-refractivity contribution in [2.24, 2.45) is 0 Å². The molecular weight excluding hydrogens is 493 g/mol. The van der Waals surface area contributed by atoms with Gasteiger partial charge in [-0.2, -0.15) is 5.09 Å². The lowest BCUT2D eigenvalue weighted by Crippen LogP contribution is -2.36. The third-order valence-corrected chi connectivity index (χ3v) is 6.93. The molecule has 0 aliphatic carbocycles. The molecule has 1 unspecified atom stereocenters. The third kappa shape index (κ3) is 7.02. The number of benzene rings is 1. The average molecular weight is 523 g/mol. The quantitative estimate of drug-likeness (QED) is 0.162. The molecule has 1 aromatic carbocycles. The number of para-hydroxylation sites is 1. The number of hydrogen-bond acceptors (Lipinski definition) is 9. The van der Waals surface area contributed by atoms with Gasteiger partial charge in [0.2, 0.25) is 0 Å². The van der Waals surface area contributed by atoms with Crippen LogP contribution < -0.4 is 20.9 Å². The molecule has 0 amide bonds. The maximum absolute atomic E-state index is 13.6. The minimum absolute atomic E-state index is 0.136. The van der Waals surface area contributed by atoms with E-state index >= 15 is 0 Å². The van der Waals surface area contributed by atoms with Gasteiger partial charge in [0, 0.05) is 17.8 Å². The fourth-order valence-electron chi connectivity index (χ4n) is 3.31. The number of aromatic nitrogens is 2. The molecule has 2 aromatic rings. The smallest absolute Gasteiger partial charge is 0.459 e. The summed E-state index contributed by atoms with van der Waals surface area (Å²) in [4.78, 5) is 37.9. The lowest BCUT2D eigenvalue weighted by atomic mass is 10.1. The van der Waals surface area contributed by atoms with E-state index in [0.717, 1.165) is 17.1 Å². The van der Waals surface area contributed by atoms with E-state index in [0.29, 0.717) is 6.42 Å². The van der Waals surface area contributed by atoms with Gasteiger partial charge in [0.1, 0.15) is 24.0 Å². The number of aliphatic hydroxyl groups excluding tert-OH is 1. The Bertz CT molecular complexity index is 1210. The summed E-state index contributed by atoms with van der Waals surface area (Å²) >= 11 is 0. The predicted molar refractivity (Wildman–Crippen MR) is 129 cm³/mol. The van der Waals surface area contributed by atoms with Crippen molar-refractivity contribution in [3.05, 3.63) is 75.6 Å². The molecule has 1 aliphatic rings. The highest BCUT2D eigenvalue weighted by Gasteiger charge is 2.42. The molecule has 196 valence electrons. The number of carbonyl (C=O) groups is 1. The Balaban J connectivity index is 1.73. The van der Waals surface area contributed by atoms with Crippen LogP contribution in [0, 0.1) is 0 Å². The number of hydrogen-bond donors (Lipinski definition) is 3. The van der Waals surface area contributed by atoms with Crippen LogP contribution in [0.25, 0.3) is 0 Å². The second-order valence-electron chi connectivity index (χ2n) is 8.13. The average Bonchev–Trinajstić information content (AvgIpc) is 3.12. The van der Waals surface area contributed by atoms with E-state index < -0.39 is 56.0 Å². The third-order valence-electron chi connectivity index (χ3n) is 5.28. The molecule has 1 saturated heterocycles. The van der Waals surface area contributed by atoms with Crippen molar-refractivity contribution in [1.29, 1.82) is 0 Å². The van der Waals surface area contributed by atoms with E-state index in [1.807, 2.05) is 6.92 Å². The molecule has 0 spiro atoms. The van der Waals surface area contributed by atoms with E-state index in [1.165, 1.54) is 13.1 Å². The van der Waals surface area contributed by atoms with Crippen LogP contribution in [0.2, 0.25) is 0 Å². The highest BCUT2D eigenvalue weighted by atomic mass is 31.2. The van der Waals surface area contributed by atoms with Gasteiger partial charge in [0.05, 0.1) is 13.2 Å². The van der Waals surface area contributed by atoms with Gasteiger partial charge in [-0.05, 0) is 25.5 Å². The molecule has 5 atom stereocenters. The minimum Gasteiger partial charge on any atom is -0.465 e. The lowest BCUT2D eigenvalue weighted by Gasteiger charge is -2.24. The van der Waals surface area contributed by atoms with Crippen LogP contribution in [0.1, 0.15) is 32.9 Å². The van der Waals surface area contributed by atoms with Crippen molar-refractivity contribution in [1.82, 2.24) is 14.6 Å². The molecule has 12 nitrogen and oxygen atoms in total. The fourth-order valence-corrected chi connectivity index (χ4v) is 4.81. The molecule has 1 fully saturated rings. The van der Waals surface area contributed by atoms with Gasteiger partial charge in [-0.25, -0.2) is 9.36 Å². The number of ether oxygens (including phenoxy) is 2. The summed E-state index contributed by atoms with van der Waals surface area (Å²) in [5, 5.41) is 13.2. The maximum atomic E-state index is 13.6. The van der Waals surface area contributed by atoms with Crippen LogP contribution in [-0.4, -0.2) is 52.1 Å². The first-order chi connectivity index (χ1) is 17.1. The SMILES string of the molecule is C=C1[C@H](n2ccc(=O)[nH]c2=O)O[C@H](COP(=O)(N[C@H](C)C(=O)OCCCC)Oc2ccccc2)[C@H]1O. The summed E-state index contributed by atoms with van der Waals surface area (Å²) in [6.07, 6.45) is -0.711. The number of nitrogens with one attached hydrogen (secondary N) is 2. The second-order valence-corrected chi connectivity index (χ2v) is 9.83.